The summed E-state index contributed by atoms with van der Waals surface area (Å²) in [6.45, 7) is 3.07. The third-order valence-electron chi connectivity index (χ3n) is 5.59. The van der Waals surface area contributed by atoms with E-state index in [4.69, 9.17) is 16.0 Å². The van der Waals surface area contributed by atoms with Crippen LogP contribution in [0.2, 0.25) is 5.02 Å². The molecule has 3 fully saturated rings. The standard InChI is InChI=1S/C19H21ClN2O3/c1-11-5-17-15(7-16(11)20)13(10-25-17)6-18(23)22-8-12-3-4-14(9-22)21(2)19(12)24/h5,7,10,12,14H,3-4,6,8-9H2,1-2H3/t12-,14+/m1/s1. The maximum absolute atomic E-state index is 12.9. The normalized spacial score (nSPS) is 23.4. The van der Waals surface area contributed by atoms with Crippen molar-refractivity contribution in [1.82, 2.24) is 9.80 Å². The number of likely N-dealkylation sites (N-methyl/N-ethyl adjacent to an activating group) is 1. The van der Waals surface area contributed by atoms with Gasteiger partial charge < -0.3 is 14.2 Å². The lowest BCUT2D eigenvalue weighted by atomic mass is 9.95. The molecule has 1 aromatic heterocycles. The SMILES string of the molecule is Cc1cc2occ(CC(=O)N3C[C@H]4CC[C@@H](C3)N(C)C4=O)c2cc1Cl. The van der Waals surface area contributed by atoms with Crippen LogP contribution in [0.4, 0.5) is 0 Å². The molecular weight excluding hydrogens is 340 g/mol. The van der Waals surface area contributed by atoms with Crippen molar-refractivity contribution in [1.29, 1.82) is 0 Å². The average molecular weight is 361 g/mol. The number of amides is 2. The van der Waals surface area contributed by atoms with E-state index >= 15 is 0 Å². The second-order valence-corrected chi connectivity index (χ2v) is 7.62. The topological polar surface area (TPSA) is 53.8 Å². The van der Waals surface area contributed by atoms with Crippen LogP contribution < -0.4 is 0 Å². The van der Waals surface area contributed by atoms with Gasteiger partial charge in [0.1, 0.15) is 5.58 Å². The van der Waals surface area contributed by atoms with E-state index in [0.29, 0.717) is 18.1 Å². The Labute approximate surface area is 151 Å². The van der Waals surface area contributed by atoms with Crippen LogP contribution in [0.1, 0.15) is 24.0 Å². The second-order valence-electron chi connectivity index (χ2n) is 7.21. The van der Waals surface area contributed by atoms with Gasteiger partial charge in [0.2, 0.25) is 11.8 Å². The molecule has 2 atom stereocenters. The fourth-order valence-electron chi connectivity index (χ4n) is 3.97. The predicted molar refractivity (Wildman–Crippen MR) is 95.5 cm³/mol. The van der Waals surface area contributed by atoms with Crippen molar-refractivity contribution in [2.24, 2.45) is 5.92 Å². The zero-order valence-corrected chi connectivity index (χ0v) is 15.2. The molecule has 132 valence electrons. The van der Waals surface area contributed by atoms with Gasteiger partial charge in [0.25, 0.3) is 0 Å². The van der Waals surface area contributed by atoms with Crippen LogP contribution in [0.3, 0.4) is 0 Å². The molecule has 0 saturated carbocycles. The molecule has 5 rings (SSSR count). The number of hydrogen-bond acceptors (Lipinski definition) is 3. The van der Waals surface area contributed by atoms with E-state index in [-0.39, 0.29) is 30.2 Å². The summed E-state index contributed by atoms with van der Waals surface area (Å²) in [5.74, 6) is 0.146. The van der Waals surface area contributed by atoms with Gasteiger partial charge in [0, 0.05) is 42.2 Å². The number of piperidine rings is 1. The molecule has 6 heteroatoms. The highest BCUT2D eigenvalue weighted by Crippen LogP contribution is 2.30. The summed E-state index contributed by atoms with van der Waals surface area (Å²) in [6.07, 6.45) is 3.76. The molecule has 0 spiro atoms. The third-order valence-corrected chi connectivity index (χ3v) is 6.00. The van der Waals surface area contributed by atoms with E-state index in [1.54, 1.807) is 6.26 Å². The highest BCUT2D eigenvalue weighted by atomic mass is 35.5. The van der Waals surface area contributed by atoms with Crippen LogP contribution in [0.25, 0.3) is 11.0 Å². The van der Waals surface area contributed by atoms with Crippen LogP contribution >= 0.6 is 11.6 Å². The Morgan fingerprint density at radius 1 is 1.32 bits per heavy atom. The van der Waals surface area contributed by atoms with Crippen LogP contribution in [0.5, 0.6) is 0 Å². The Bertz CT molecular complexity index is 860. The van der Waals surface area contributed by atoms with Crippen molar-refractivity contribution < 1.29 is 14.0 Å². The number of benzene rings is 1. The molecule has 1 aromatic carbocycles. The first-order valence-electron chi connectivity index (χ1n) is 8.64. The first kappa shape index (κ1) is 16.5. The van der Waals surface area contributed by atoms with E-state index in [2.05, 4.69) is 0 Å². The first-order chi connectivity index (χ1) is 11.9. The minimum atomic E-state index is -0.0640. The molecule has 0 radical (unpaired) electrons. The number of aryl methyl sites for hydroxylation is 1. The number of nitrogens with zero attached hydrogens (tertiary/aromatic N) is 2. The Kier molecular flexibility index (Phi) is 3.99. The maximum Gasteiger partial charge on any atom is 0.227 e. The summed E-state index contributed by atoms with van der Waals surface area (Å²) < 4.78 is 5.59. The molecule has 2 amide bonds. The van der Waals surface area contributed by atoms with E-state index < -0.39 is 0 Å². The molecule has 2 bridgehead atoms. The zero-order chi connectivity index (χ0) is 17.7. The third kappa shape index (κ3) is 2.80. The van der Waals surface area contributed by atoms with Crippen molar-refractivity contribution in [2.75, 3.05) is 20.1 Å². The molecule has 0 N–H and O–H groups in total. The minimum absolute atomic E-state index is 0.0411. The van der Waals surface area contributed by atoms with Gasteiger partial charge in [0.05, 0.1) is 18.6 Å². The van der Waals surface area contributed by atoms with Gasteiger partial charge >= 0.3 is 0 Å². The van der Waals surface area contributed by atoms with E-state index in [1.807, 2.05) is 35.9 Å². The number of carbonyl (C=O) groups excluding carboxylic acids is 2. The van der Waals surface area contributed by atoms with E-state index in [0.717, 1.165) is 34.9 Å². The number of halogens is 1. The van der Waals surface area contributed by atoms with Crippen molar-refractivity contribution in [3.8, 4) is 0 Å². The quantitative estimate of drug-likeness (QED) is 0.827. The largest absolute Gasteiger partial charge is 0.464 e. The van der Waals surface area contributed by atoms with Crippen molar-refractivity contribution >= 4 is 34.4 Å². The van der Waals surface area contributed by atoms with Crippen LogP contribution in [0, 0.1) is 12.8 Å². The molecule has 0 aliphatic carbocycles. The molecule has 5 nitrogen and oxygen atoms in total. The Hall–Kier alpha value is -2.01. The maximum atomic E-state index is 12.9. The lowest BCUT2D eigenvalue weighted by Gasteiger charge is -2.32. The van der Waals surface area contributed by atoms with Gasteiger partial charge in [-0.15, -0.1) is 0 Å². The molecule has 3 aliphatic heterocycles. The van der Waals surface area contributed by atoms with Gasteiger partial charge in [0.15, 0.2) is 0 Å². The predicted octanol–water partition coefficient (Wildman–Crippen LogP) is 3.02. The van der Waals surface area contributed by atoms with Crippen molar-refractivity contribution in [3.63, 3.8) is 0 Å². The average Bonchev–Trinajstić information content (AvgIpc) is 2.78. The van der Waals surface area contributed by atoms with E-state index in [1.165, 1.54) is 0 Å². The van der Waals surface area contributed by atoms with Crippen LogP contribution in [-0.2, 0) is 16.0 Å². The summed E-state index contributed by atoms with van der Waals surface area (Å²) in [6, 6.07) is 3.89. The minimum Gasteiger partial charge on any atom is -0.464 e. The molecule has 2 aromatic rings. The number of fused-ring (bicyclic) bond motifs is 5. The van der Waals surface area contributed by atoms with Crippen LogP contribution in [0.15, 0.2) is 22.8 Å². The van der Waals surface area contributed by atoms with Crippen molar-refractivity contribution in [2.45, 2.75) is 32.2 Å². The molecule has 4 heterocycles. The van der Waals surface area contributed by atoms with Gasteiger partial charge in [-0.1, -0.05) is 11.6 Å². The smallest absolute Gasteiger partial charge is 0.227 e. The highest BCUT2D eigenvalue weighted by Gasteiger charge is 2.40. The first-order valence-corrected chi connectivity index (χ1v) is 9.02. The van der Waals surface area contributed by atoms with Gasteiger partial charge in [-0.2, -0.15) is 0 Å². The Morgan fingerprint density at radius 2 is 2.12 bits per heavy atom. The Balaban J connectivity index is 1.56. The summed E-state index contributed by atoms with van der Waals surface area (Å²) in [5.41, 5.74) is 2.54. The lowest BCUT2D eigenvalue weighted by Crippen LogP contribution is -2.45. The zero-order valence-electron chi connectivity index (χ0n) is 14.4. The molecule has 3 aliphatic rings. The van der Waals surface area contributed by atoms with Gasteiger partial charge in [-0.05, 0) is 37.5 Å². The Morgan fingerprint density at radius 3 is 2.92 bits per heavy atom. The van der Waals surface area contributed by atoms with Crippen LogP contribution in [-0.4, -0.2) is 47.8 Å². The number of furan rings is 1. The molecular formula is C19H21ClN2O3. The van der Waals surface area contributed by atoms with Gasteiger partial charge in [-0.3, -0.25) is 9.59 Å². The summed E-state index contributed by atoms with van der Waals surface area (Å²) in [4.78, 5) is 28.8. The molecule has 0 unspecified atom stereocenters. The number of carbonyl (C=O) groups is 2. The summed E-state index contributed by atoms with van der Waals surface area (Å²) >= 11 is 6.22. The molecule has 3 saturated heterocycles. The second kappa shape index (κ2) is 6.06. The molecule has 25 heavy (non-hydrogen) atoms. The highest BCUT2D eigenvalue weighted by molar-refractivity contribution is 6.32. The fraction of sp³-hybridized carbons (Fsp3) is 0.474. The van der Waals surface area contributed by atoms with E-state index in [9.17, 15) is 9.59 Å². The number of rotatable bonds is 2. The van der Waals surface area contributed by atoms with Gasteiger partial charge in [-0.25, -0.2) is 0 Å². The lowest BCUT2D eigenvalue weighted by molar-refractivity contribution is -0.138. The monoisotopic (exact) mass is 360 g/mol. The fourth-order valence-corrected chi connectivity index (χ4v) is 4.14. The van der Waals surface area contributed by atoms with Crippen molar-refractivity contribution in [3.05, 3.63) is 34.5 Å². The summed E-state index contributed by atoms with van der Waals surface area (Å²) in [5, 5.41) is 1.55. The number of hydrogen-bond donors (Lipinski definition) is 0. The summed E-state index contributed by atoms with van der Waals surface area (Å²) in [7, 11) is 1.85.